The second-order valence-corrected chi connectivity index (χ2v) is 6.28. The van der Waals surface area contributed by atoms with Crippen LogP contribution in [0.3, 0.4) is 0 Å². The molecule has 7 heteroatoms. The van der Waals surface area contributed by atoms with Crippen molar-refractivity contribution in [3.8, 4) is 0 Å². The molecule has 3 amide bonds. The van der Waals surface area contributed by atoms with Crippen LogP contribution in [-0.4, -0.2) is 48.3 Å². The summed E-state index contributed by atoms with van der Waals surface area (Å²) in [6.07, 6.45) is 0.865. The molecule has 23 heavy (non-hydrogen) atoms. The number of nitrogens with zero attached hydrogens (tertiary/aromatic N) is 1. The summed E-state index contributed by atoms with van der Waals surface area (Å²) in [6.45, 7) is 6.62. The quantitative estimate of drug-likeness (QED) is 0.671. The molecule has 0 aromatic carbocycles. The lowest BCUT2D eigenvalue weighted by atomic mass is 10.2. The van der Waals surface area contributed by atoms with Gasteiger partial charge in [-0.25, -0.2) is 0 Å². The molecule has 1 heterocycles. The van der Waals surface area contributed by atoms with Gasteiger partial charge >= 0.3 is 0 Å². The summed E-state index contributed by atoms with van der Waals surface area (Å²) in [5, 5.41) is 9.18. The molecule has 128 valence electrons. The van der Waals surface area contributed by atoms with Crippen molar-refractivity contribution in [3.05, 3.63) is 22.4 Å². The van der Waals surface area contributed by atoms with Crippen LogP contribution < -0.4 is 10.6 Å². The molecule has 1 aromatic heterocycles. The van der Waals surface area contributed by atoms with Gasteiger partial charge in [-0.15, -0.1) is 0 Å². The Hall–Kier alpha value is -1.89. The molecule has 0 atom stereocenters. The van der Waals surface area contributed by atoms with E-state index in [2.05, 4.69) is 10.6 Å². The van der Waals surface area contributed by atoms with Crippen molar-refractivity contribution >= 4 is 29.1 Å². The van der Waals surface area contributed by atoms with Crippen molar-refractivity contribution in [1.82, 2.24) is 15.5 Å². The lowest BCUT2D eigenvalue weighted by Gasteiger charge is -2.21. The Balaban J connectivity index is 2.28. The number of likely N-dealkylation sites (N-methyl/N-ethyl adjacent to an activating group) is 1. The molecule has 0 fully saturated rings. The fourth-order valence-electron chi connectivity index (χ4n) is 2.01. The standard InChI is InChI=1S/C16H25N3O3S/c1-4-19(10-14(20)18-12(2)3)15(21)6-5-8-17-16(22)13-7-9-23-11-13/h7,9,11-12H,4-6,8,10H2,1-3H3,(H,17,22)(H,18,20). The van der Waals surface area contributed by atoms with Crippen LogP contribution in [0.15, 0.2) is 16.8 Å². The molecule has 0 saturated heterocycles. The summed E-state index contributed by atoms with van der Waals surface area (Å²) >= 11 is 1.47. The summed E-state index contributed by atoms with van der Waals surface area (Å²) in [5.74, 6) is -0.348. The number of hydrogen-bond acceptors (Lipinski definition) is 4. The molecule has 2 N–H and O–H groups in total. The fourth-order valence-corrected chi connectivity index (χ4v) is 2.65. The van der Waals surface area contributed by atoms with Crippen LogP contribution in [0, 0.1) is 0 Å². The molecule has 0 bridgehead atoms. The fraction of sp³-hybridized carbons (Fsp3) is 0.562. The van der Waals surface area contributed by atoms with Crippen molar-refractivity contribution in [2.75, 3.05) is 19.6 Å². The minimum Gasteiger partial charge on any atom is -0.352 e. The largest absolute Gasteiger partial charge is 0.352 e. The Morgan fingerprint density at radius 3 is 2.61 bits per heavy atom. The maximum absolute atomic E-state index is 12.1. The van der Waals surface area contributed by atoms with Gasteiger partial charge in [0.2, 0.25) is 11.8 Å². The molecule has 1 aromatic rings. The first-order valence-corrected chi connectivity index (χ1v) is 8.75. The monoisotopic (exact) mass is 339 g/mol. The van der Waals surface area contributed by atoms with Gasteiger partial charge in [-0.2, -0.15) is 11.3 Å². The Labute approximate surface area is 141 Å². The van der Waals surface area contributed by atoms with Gasteiger partial charge in [0.1, 0.15) is 0 Å². The highest BCUT2D eigenvalue weighted by Crippen LogP contribution is 2.05. The van der Waals surface area contributed by atoms with E-state index in [1.165, 1.54) is 16.2 Å². The van der Waals surface area contributed by atoms with E-state index in [9.17, 15) is 14.4 Å². The highest BCUT2D eigenvalue weighted by Gasteiger charge is 2.15. The van der Waals surface area contributed by atoms with E-state index in [0.29, 0.717) is 31.5 Å². The van der Waals surface area contributed by atoms with Gasteiger partial charge in [0, 0.05) is 36.5 Å². The number of amides is 3. The Morgan fingerprint density at radius 2 is 2.04 bits per heavy atom. The predicted molar refractivity (Wildman–Crippen MR) is 91.4 cm³/mol. The molecule has 0 unspecified atom stereocenters. The third-order valence-corrected chi connectivity index (χ3v) is 3.84. The number of carbonyl (C=O) groups excluding carboxylic acids is 3. The number of rotatable bonds is 9. The Kier molecular flexibility index (Phi) is 8.32. The summed E-state index contributed by atoms with van der Waals surface area (Å²) in [5.41, 5.74) is 0.641. The molecule has 0 spiro atoms. The smallest absolute Gasteiger partial charge is 0.252 e. The topological polar surface area (TPSA) is 78.5 Å². The van der Waals surface area contributed by atoms with Crippen molar-refractivity contribution in [3.63, 3.8) is 0 Å². The van der Waals surface area contributed by atoms with Gasteiger partial charge in [-0.3, -0.25) is 14.4 Å². The van der Waals surface area contributed by atoms with Crippen molar-refractivity contribution in [1.29, 1.82) is 0 Å². The van der Waals surface area contributed by atoms with Gasteiger partial charge < -0.3 is 15.5 Å². The van der Waals surface area contributed by atoms with Gasteiger partial charge in [0.25, 0.3) is 5.91 Å². The Bertz CT molecular complexity index is 515. The van der Waals surface area contributed by atoms with Crippen LogP contribution >= 0.6 is 11.3 Å². The molecule has 0 aliphatic carbocycles. The molecule has 0 aliphatic rings. The maximum Gasteiger partial charge on any atom is 0.252 e. The number of thiophene rings is 1. The SMILES string of the molecule is CCN(CC(=O)NC(C)C)C(=O)CCCNC(=O)c1ccsc1. The summed E-state index contributed by atoms with van der Waals surface area (Å²) in [4.78, 5) is 37.1. The first-order chi connectivity index (χ1) is 10.9. The normalized spacial score (nSPS) is 10.4. The van der Waals surface area contributed by atoms with E-state index in [1.54, 1.807) is 11.4 Å². The van der Waals surface area contributed by atoms with Gasteiger partial charge in [-0.1, -0.05) is 0 Å². The third kappa shape index (κ3) is 7.27. The van der Waals surface area contributed by atoms with E-state index in [-0.39, 0.29) is 30.3 Å². The Morgan fingerprint density at radius 1 is 1.30 bits per heavy atom. The highest BCUT2D eigenvalue weighted by atomic mass is 32.1. The van der Waals surface area contributed by atoms with Gasteiger partial charge in [-0.05, 0) is 38.6 Å². The zero-order valence-electron chi connectivity index (χ0n) is 13.9. The predicted octanol–water partition coefficient (Wildman–Crippen LogP) is 1.63. The van der Waals surface area contributed by atoms with E-state index in [0.717, 1.165) is 0 Å². The maximum atomic E-state index is 12.1. The first kappa shape index (κ1) is 19.2. The number of nitrogens with one attached hydrogen (secondary N) is 2. The molecular weight excluding hydrogens is 314 g/mol. The zero-order chi connectivity index (χ0) is 17.2. The number of carbonyl (C=O) groups is 3. The van der Waals surface area contributed by atoms with Crippen LogP contribution in [0.1, 0.15) is 44.0 Å². The minimum absolute atomic E-state index is 0.0589. The van der Waals surface area contributed by atoms with Crippen LogP contribution in [0.4, 0.5) is 0 Å². The van der Waals surface area contributed by atoms with E-state index >= 15 is 0 Å². The first-order valence-electron chi connectivity index (χ1n) is 7.81. The lowest BCUT2D eigenvalue weighted by molar-refractivity contribution is -0.136. The molecule has 6 nitrogen and oxygen atoms in total. The zero-order valence-corrected chi connectivity index (χ0v) is 14.7. The second kappa shape index (κ2) is 9.99. The van der Waals surface area contributed by atoms with E-state index in [4.69, 9.17) is 0 Å². The van der Waals surface area contributed by atoms with Crippen molar-refractivity contribution in [2.45, 2.75) is 39.7 Å². The highest BCUT2D eigenvalue weighted by molar-refractivity contribution is 7.08. The lowest BCUT2D eigenvalue weighted by Crippen LogP contribution is -2.42. The average Bonchev–Trinajstić information content (AvgIpc) is 3.02. The third-order valence-electron chi connectivity index (χ3n) is 3.15. The van der Waals surface area contributed by atoms with Crippen molar-refractivity contribution in [2.24, 2.45) is 0 Å². The van der Waals surface area contributed by atoms with E-state index < -0.39 is 0 Å². The van der Waals surface area contributed by atoms with Gasteiger partial charge in [0.15, 0.2) is 0 Å². The number of hydrogen-bond donors (Lipinski definition) is 2. The van der Waals surface area contributed by atoms with E-state index in [1.807, 2.05) is 26.2 Å². The molecule has 0 radical (unpaired) electrons. The average molecular weight is 339 g/mol. The minimum atomic E-state index is -0.152. The molecule has 1 rings (SSSR count). The van der Waals surface area contributed by atoms with Gasteiger partial charge in [0.05, 0.1) is 6.54 Å². The van der Waals surface area contributed by atoms with Crippen LogP contribution in [0.2, 0.25) is 0 Å². The van der Waals surface area contributed by atoms with Crippen LogP contribution in [-0.2, 0) is 9.59 Å². The second-order valence-electron chi connectivity index (χ2n) is 5.50. The summed E-state index contributed by atoms with van der Waals surface area (Å²) < 4.78 is 0. The molecule has 0 saturated carbocycles. The van der Waals surface area contributed by atoms with Crippen LogP contribution in [0.25, 0.3) is 0 Å². The molecular formula is C16H25N3O3S. The van der Waals surface area contributed by atoms with Crippen LogP contribution in [0.5, 0.6) is 0 Å². The van der Waals surface area contributed by atoms with Crippen molar-refractivity contribution < 1.29 is 14.4 Å². The summed E-state index contributed by atoms with van der Waals surface area (Å²) in [6, 6.07) is 1.82. The summed E-state index contributed by atoms with van der Waals surface area (Å²) in [7, 11) is 0. The molecule has 0 aliphatic heterocycles.